The zero-order chi connectivity index (χ0) is 22.0. The van der Waals surface area contributed by atoms with Gasteiger partial charge in [0.2, 0.25) is 5.78 Å². The van der Waals surface area contributed by atoms with Crippen molar-refractivity contribution in [1.82, 2.24) is 0 Å². The summed E-state index contributed by atoms with van der Waals surface area (Å²) in [6.45, 7) is 0.0731. The van der Waals surface area contributed by atoms with Gasteiger partial charge in [0.15, 0.2) is 4.91 Å². The van der Waals surface area contributed by atoms with Gasteiger partial charge in [0.05, 0.1) is 19.3 Å². The number of hydrogen-bond donors (Lipinski definition) is 1. The minimum absolute atomic E-state index is 0.0731. The van der Waals surface area contributed by atoms with Crippen LogP contribution >= 0.6 is 11.6 Å². The van der Waals surface area contributed by atoms with Crippen molar-refractivity contribution in [2.75, 3.05) is 16.7 Å². The number of nitrogens with zero attached hydrogens (tertiary/aromatic N) is 1. The van der Waals surface area contributed by atoms with Crippen molar-refractivity contribution >= 4 is 38.8 Å². The van der Waals surface area contributed by atoms with Crippen molar-refractivity contribution in [1.29, 1.82) is 0 Å². The van der Waals surface area contributed by atoms with Crippen molar-refractivity contribution in [2.24, 2.45) is 0 Å². The van der Waals surface area contributed by atoms with E-state index in [-0.39, 0.29) is 11.4 Å². The second-order valence-corrected chi connectivity index (χ2v) is 9.13. The van der Waals surface area contributed by atoms with Gasteiger partial charge in [-0.15, -0.1) is 0 Å². The second kappa shape index (κ2) is 8.45. The molecule has 3 aromatic carbocycles. The summed E-state index contributed by atoms with van der Waals surface area (Å²) in [6, 6.07) is 20.5. The van der Waals surface area contributed by atoms with Crippen LogP contribution < -0.4 is 14.4 Å². The number of benzene rings is 3. The Morgan fingerprint density at radius 1 is 1.00 bits per heavy atom. The SMILES string of the molecule is COc1ccc(N/C=C2/C(=O)c3ccccc3N(Cc3ccc(Cl)cc3)S2(=O)=O)cc1. The second-order valence-electron chi connectivity index (χ2n) is 6.87. The lowest BCUT2D eigenvalue weighted by Gasteiger charge is -2.31. The van der Waals surface area contributed by atoms with E-state index >= 15 is 0 Å². The van der Waals surface area contributed by atoms with Crippen molar-refractivity contribution in [3.05, 3.63) is 100 Å². The van der Waals surface area contributed by atoms with Gasteiger partial charge in [-0.3, -0.25) is 9.10 Å². The molecule has 0 saturated heterocycles. The molecule has 3 aromatic rings. The number of fused-ring (bicyclic) bond motifs is 1. The summed E-state index contributed by atoms with van der Waals surface area (Å²) < 4.78 is 33.2. The third-order valence-electron chi connectivity index (χ3n) is 4.91. The van der Waals surface area contributed by atoms with Crippen LogP contribution in [0.25, 0.3) is 0 Å². The van der Waals surface area contributed by atoms with Crippen LogP contribution in [-0.2, 0) is 16.6 Å². The monoisotopic (exact) mass is 454 g/mol. The van der Waals surface area contributed by atoms with E-state index < -0.39 is 15.8 Å². The minimum atomic E-state index is -4.09. The highest BCUT2D eigenvalue weighted by atomic mass is 35.5. The molecule has 0 aromatic heterocycles. The van der Waals surface area contributed by atoms with Crippen LogP contribution in [0.5, 0.6) is 5.75 Å². The predicted molar refractivity (Wildman–Crippen MR) is 122 cm³/mol. The number of ether oxygens (including phenoxy) is 1. The zero-order valence-corrected chi connectivity index (χ0v) is 18.2. The van der Waals surface area contributed by atoms with E-state index in [1.165, 1.54) is 10.5 Å². The molecule has 0 bridgehead atoms. The molecule has 8 heteroatoms. The number of sulfonamides is 1. The van der Waals surface area contributed by atoms with Crippen molar-refractivity contribution in [3.63, 3.8) is 0 Å². The Morgan fingerprint density at radius 3 is 2.35 bits per heavy atom. The van der Waals surface area contributed by atoms with Crippen LogP contribution in [0.15, 0.2) is 83.9 Å². The average molecular weight is 455 g/mol. The number of carbonyl (C=O) groups excluding carboxylic acids is 1. The van der Waals surface area contributed by atoms with Gasteiger partial charge in [0.1, 0.15) is 5.75 Å². The molecule has 4 rings (SSSR count). The fraction of sp³-hybridized carbons (Fsp3) is 0.0870. The normalized spacial score (nSPS) is 16.1. The largest absolute Gasteiger partial charge is 0.497 e. The number of Topliss-reactive ketones (excluding diaryl/α,β-unsaturated/α-hetero) is 1. The van der Waals surface area contributed by atoms with E-state index in [2.05, 4.69) is 5.32 Å². The number of hydrogen-bond acceptors (Lipinski definition) is 5. The number of nitrogens with one attached hydrogen (secondary N) is 1. The molecule has 0 unspecified atom stereocenters. The van der Waals surface area contributed by atoms with E-state index in [0.717, 1.165) is 5.56 Å². The first kappa shape index (κ1) is 21.0. The van der Waals surface area contributed by atoms with E-state index in [1.807, 2.05) is 0 Å². The lowest BCUT2D eigenvalue weighted by atomic mass is 10.1. The highest BCUT2D eigenvalue weighted by Gasteiger charge is 2.40. The molecule has 0 radical (unpaired) electrons. The third-order valence-corrected chi connectivity index (χ3v) is 6.93. The van der Waals surface area contributed by atoms with E-state index in [1.54, 1.807) is 79.9 Å². The topological polar surface area (TPSA) is 75.7 Å². The van der Waals surface area contributed by atoms with Gasteiger partial charge in [-0.1, -0.05) is 35.9 Å². The van der Waals surface area contributed by atoms with Crippen LogP contribution in [0.2, 0.25) is 5.02 Å². The summed E-state index contributed by atoms with van der Waals surface area (Å²) >= 11 is 5.95. The first-order chi connectivity index (χ1) is 14.9. The Labute approximate surface area is 185 Å². The number of halogens is 1. The Bertz CT molecular complexity index is 1250. The third kappa shape index (κ3) is 4.15. The van der Waals surface area contributed by atoms with Gasteiger partial charge in [0, 0.05) is 22.5 Å². The molecule has 0 amide bonds. The number of para-hydroxylation sites is 1. The van der Waals surface area contributed by atoms with Crippen LogP contribution in [-0.4, -0.2) is 21.3 Å². The average Bonchev–Trinajstić information content (AvgIpc) is 2.78. The maximum Gasteiger partial charge on any atom is 0.270 e. The molecule has 1 heterocycles. The molecule has 6 nitrogen and oxygen atoms in total. The van der Waals surface area contributed by atoms with Gasteiger partial charge in [-0.05, 0) is 54.1 Å². The minimum Gasteiger partial charge on any atom is -0.497 e. The summed E-state index contributed by atoms with van der Waals surface area (Å²) in [6.07, 6.45) is 1.24. The lowest BCUT2D eigenvalue weighted by Crippen LogP contribution is -2.39. The molecule has 0 spiro atoms. The standard InChI is InChI=1S/C23H19ClN2O4S/c1-30-19-12-10-18(11-13-19)25-14-22-23(27)20-4-2-3-5-21(20)26(31(22,28)29)15-16-6-8-17(24)9-7-16/h2-14,25H,15H2,1H3/b22-14-. The van der Waals surface area contributed by atoms with Gasteiger partial charge in [-0.25, -0.2) is 8.42 Å². The maximum absolute atomic E-state index is 13.4. The molecule has 1 N–H and O–H groups in total. The summed E-state index contributed by atoms with van der Waals surface area (Å²) in [4.78, 5) is 12.7. The van der Waals surface area contributed by atoms with Crippen LogP contribution in [0.4, 0.5) is 11.4 Å². The van der Waals surface area contributed by atoms with Gasteiger partial charge in [0.25, 0.3) is 10.0 Å². The summed E-state index contributed by atoms with van der Waals surface area (Å²) in [5.74, 6) is 0.117. The number of allylic oxidation sites excluding steroid dienone is 1. The first-order valence-corrected chi connectivity index (χ1v) is 11.2. The number of rotatable bonds is 5. The molecule has 158 valence electrons. The summed E-state index contributed by atoms with van der Waals surface area (Å²) in [5, 5.41) is 3.47. The summed E-state index contributed by atoms with van der Waals surface area (Å²) in [5.41, 5.74) is 2.05. The van der Waals surface area contributed by atoms with Gasteiger partial charge in [-0.2, -0.15) is 0 Å². The van der Waals surface area contributed by atoms with Gasteiger partial charge < -0.3 is 10.1 Å². The molecule has 1 aliphatic rings. The van der Waals surface area contributed by atoms with Crippen molar-refractivity contribution in [3.8, 4) is 5.75 Å². The molecular weight excluding hydrogens is 436 g/mol. The smallest absolute Gasteiger partial charge is 0.270 e. The number of ketones is 1. The van der Waals surface area contributed by atoms with E-state index in [4.69, 9.17) is 16.3 Å². The summed E-state index contributed by atoms with van der Waals surface area (Å²) in [7, 11) is -2.53. The highest BCUT2D eigenvalue weighted by molar-refractivity contribution is 7.97. The van der Waals surface area contributed by atoms with Crippen LogP contribution in [0.1, 0.15) is 15.9 Å². The number of carbonyl (C=O) groups is 1. The lowest BCUT2D eigenvalue weighted by molar-refractivity contribution is 0.104. The predicted octanol–water partition coefficient (Wildman–Crippen LogP) is 4.83. The zero-order valence-electron chi connectivity index (χ0n) is 16.6. The van der Waals surface area contributed by atoms with Crippen LogP contribution in [0.3, 0.4) is 0 Å². The molecule has 31 heavy (non-hydrogen) atoms. The fourth-order valence-electron chi connectivity index (χ4n) is 3.28. The molecular formula is C23H19ClN2O4S. The molecule has 0 fully saturated rings. The first-order valence-electron chi connectivity index (χ1n) is 9.42. The van der Waals surface area contributed by atoms with Crippen LogP contribution in [0, 0.1) is 0 Å². The Kier molecular flexibility index (Phi) is 5.71. The van der Waals surface area contributed by atoms with E-state index in [9.17, 15) is 13.2 Å². The van der Waals surface area contributed by atoms with E-state index in [0.29, 0.717) is 27.7 Å². The Balaban J connectivity index is 1.74. The highest BCUT2D eigenvalue weighted by Crippen LogP contribution is 2.36. The maximum atomic E-state index is 13.4. The molecule has 0 saturated carbocycles. The molecule has 0 atom stereocenters. The fourth-order valence-corrected chi connectivity index (χ4v) is 4.94. The Morgan fingerprint density at radius 2 is 1.68 bits per heavy atom. The van der Waals surface area contributed by atoms with Crippen molar-refractivity contribution in [2.45, 2.75) is 6.54 Å². The molecule has 0 aliphatic carbocycles. The quantitative estimate of drug-likeness (QED) is 0.558. The van der Waals surface area contributed by atoms with Crippen molar-refractivity contribution < 1.29 is 17.9 Å². The Hall–Kier alpha value is -3.29. The molecule has 1 aliphatic heterocycles. The number of anilines is 2. The number of methoxy groups -OCH3 is 1. The van der Waals surface area contributed by atoms with Gasteiger partial charge >= 0.3 is 0 Å².